The fourth-order valence-corrected chi connectivity index (χ4v) is 5.69. The molecule has 1 atom stereocenters. The molecule has 3 fully saturated rings. The largest absolute Gasteiger partial charge is 0.501 e. The van der Waals surface area contributed by atoms with E-state index in [-0.39, 0.29) is 12.1 Å². The van der Waals surface area contributed by atoms with Gasteiger partial charge in [0, 0.05) is 11.6 Å². The van der Waals surface area contributed by atoms with Crippen LogP contribution in [0.25, 0.3) is 0 Å². The van der Waals surface area contributed by atoms with Crippen molar-refractivity contribution in [1.29, 1.82) is 0 Å². The first-order valence-corrected chi connectivity index (χ1v) is 9.89. The minimum absolute atomic E-state index is 0.121. The molecule has 0 aromatic carbocycles. The van der Waals surface area contributed by atoms with Crippen molar-refractivity contribution in [3.05, 3.63) is 12.2 Å². The van der Waals surface area contributed by atoms with E-state index in [4.69, 9.17) is 18.0 Å². The van der Waals surface area contributed by atoms with Crippen LogP contribution in [0, 0.1) is 0 Å². The third kappa shape index (κ3) is 4.63. The normalized spacial score (nSPS) is 35.3. The monoisotopic (exact) mass is 330 g/mol. The summed E-state index contributed by atoms with van der Waals surface area (Å²) in [6.45, 7) is 12.0. The first-order valence-electron chi connectivity index (χ1n) is 7.96. The van der Waals surface area contributed by atoms with E-state index < -0.39 is 8.80 Å². The molecule has 0 aromatic rings. The number of rotatable bonds is 5. The average Bonchev–Trinajstić information content (AvgIpc) is 2.39. The van der Waals surface area contributed by atoms with Crippen LogP contribution in [-0.4, -0.2) is 71.9 Å². The minimum atomic E-state index is -2.65. The van der Waals surface area contributed by atoms with Gasteiger partial charge >= 0.3 is 14.8 Å². The highest BCUT2D eigenvalue weighted by molar-refractivity contribution is 6.60. The van der Waals surface area contributed by atoms with Crippen molar-refractivity contribution in [2.75, 3.05) is 46.5 Å². The lowest BCUT2D eigenvalue weighted by molar-refractivity contribution is -0.914. The quantitative estimate of drug-likeness (QED) is 0.250. The third-order valence-corrected chi connectivity index (χ3v) is 7.21. The summed E-state index contributed by atoms with van der Waals surface area (Å²) in [6, 6.07) is 0.685. The Kier molecular flexibility index (Phi) is 5.79. The van der Waals surface area contributed by atoms with Crippen molar-refractivity contribution in [3.63, 3.8) is 0 Å². The summed E-state index contributed by atoms with van der Waals surface area (Å²) in [5.74, 6) is -0.348. The van der Waals surface area contributed by atoms with Crippen molar-refractivity contribution in [3.8, 4) is 0 Å². The highest BCUT2D eigenvalue weighted by atomic mass is 28.4. The van der Waals surface area contributed by atoms with Gasteiger partial charge in [-0.1, -0.05) is 6.58 Å². The summed E-state index contributed by atoms with van der Waals surface area (Å²) in [7, 11) is -0.421. The van der Waals surface area contributed by atoms with E-state index in [1.54, 1.807) is 6.92 Å². The van der Waals surface area contributed by atoms with Gasteiger partial charge < -0.3 is 22.5 Å². The van der Waals surface area contributed by atoms with Crippen molar-refractivity contribution < 1.29 is 27.3 Å². The Bertz CT molecular complexity index is 418. The molecule has 0 aromatic heterocycles. The second-order valence-electron chi connectivity index (χ2n) is 6.58. The van der Waals surface area contributed by atoms with Crippen LogP contribution in [0.3, 0.4) is 0 Å². The lowest BCUT2D eigenvalue weighted by Gasteiger charge is -2.45. The molecule has 0 radical (unpaired) electrons. The van der Waals surface area contributed by atoms with Crippen molar-refractivity contribution in [2.45, 2.75) is 32.4 Å². The fraction of sp³-hybridized carbons (Fsp3) is 0.800. The molecule has 0 spiro atoms. The van der Waals surface area contributed by atoms with Gasteiger partial charge in [0.05, 0.1) is 33.0 Å². The molecular weight excluding hydrogens is 302 g/mol. The molecule has 1 unspecified atom stereocenters. The van der Waals surface area contributed by atoms with E-state index in [9.17, 15) is 4.79 Å². The van der Waals surface area contributed by atoms with Crippen LogP contribution in [0.5, 0.6) is 0 Å². The number of esters is 1. The van der Waals surface area contributed by atoms with Crippen molar-refractivity contribution in [1.82, 2.24) is 0 Å². The number of fused-ring (bicyclic) bond motifs is 6. The van der Waals surface area contributed by atoms with E-state index in [2.05, 4.69) is 20.6 Å². The van der Waals surface area contributed by atoms with Crippen LogP contribution in [0.15, 0.2) is 12.2 Å². The zero-order valence-electron chi connectivity index (χ0n) is 13.9. The standard InChI is InChI=1S/C15H28NO5Si/c1-13(2)15(17)18-8-5-11-22-19-9-6-16(4,7-10-20-22)12-14(3)21-22/h14H,1,5-12H2,2-4H3/q+1. The minimum Gasteiger partial charge on any atom is -0.462 e. The SMILES string of the molecule is C=C(C)C(=O)OCCC[Si]12OCC[N+](C)(CCO1)CC(C)O2. The zero-order valence-corrected chi connectivity index (χ0v) is 14.9. The van der Waals surface area contributed by atoms with Gasteiger partial charge in [-0.2, -0.15) is 0 Å². The molecule has 0 N–H and O–H groups in total. The van der Waals surface area contributed by atoms with Crippen LogP contribution in [0.4, 0.5) is 0 Å². The molecule has 2 bridgehead atoms. The zero-order chi connectivity index (χ0) is 16.2. The summed E-state index contributed by atoms with van der Waals surface area (Å²) in [6.07, 6.45) is 0.805. The number of ether oxygens (including phenoxy) is 1. The van der Waals surface area contributed by atoms with E-state index >= 15 is 0 Å². The molecule has 0 amide bonds. The molecule has 22 heavy (non-hydrogen) atoms. The summed E-state index contributed by atoms with van der Waals surface area (Å²) < 4.78 is 24.4. The highest BCUT2D eigenvalue weighted by Gasteiger charge is 2.48. The second-order valence-corrected chi connectivity index (χ2v) is 9.26. The maximum absolute atomic E-state index is 11.4. The number of hydrogen-bond donors (Lipinski definition) is 0. The molecule has 0 saturated carbocycles. The smallest absolute Gasteiger partial charge is 0.462 e. The summed E-state index contributed by atoms with van der Waals surface area (Å²) in [4.78, 5) is 11.4. The highest BCUT2D eigenvalue weighted by Crippen LogP contribution is 2.26. The van der Waals surface area contributed by atoms with Crippen LogP contribution in [0.2, 0.25) is 6.04 Å². The van der Waals surface area contributed by atoms with E-state index in [1.807, 2.05) is 0 Å². The molecule has 126 valence electrons. The molecule has 3 aliphatic heterocycles. The van der Waals surface area contributed by atoms with Crippen LogP contribution in [-0.2, 0) is 22.8 Å². The van der Waals surface area contributed by atoms with E-state index in [0.29, 0.717) is 37.9 Å². The van der Waals surface area contributed by atoms with Gasteiger partial charge in [0.15, 0.2) is 0 Å². The van der Waals surface area contributed by atoms with Crippen LogP contribution in [0.1, 0.15) is 20.3 Å². The second kappa shape index (κ2) is 7.23. The molecule has 7 heteroatoms. The Morgan fingerprint density at radius 2 is 2.00 bits per heavy atom. The van der Waals surface area contributed by atoms with Gasteiger partial charge in [-0.15, -0.1) is 0 Å². The van der Waals surface area contributed by atoms with Gasteiger partial charge in [0.25, 0.3) is 0 Å². The lowest BCUT2D eigenvalue weighted by atomic mass is 10.3. The molecular formula is C15H28NO5Si+. The maximum Gasteiger partial charge on any atom is 0.501 e. The van der Waals surface area contributed by atoms with Crippen molar-refractivity contribution >= 4 is 14.8 Å². The van der Waals surface area contributed by atoms with E-state index in [0.717, 1.165) is 24.1 Å². The average molecular weight is 330 g/mol. The number of nitrogens with zero attached hydrogens (tertiary/aromatic N) is 1. The van der Waals surface area contributed by atoms with Gasteiger partial charge in [0.2, 0.25) is 0 Å². The number of likely N-dealkylation sites (N-methyl/N-ethyl adjacent to an activating group) is 1. The first-order chi connectivity index (χ1) is 10.3. The maximum atomic E-state index is 11.4. The van der Waals surface area contributed by atoms with Gasteiger partial charge in [0.1, 0.15) is 19.6 Å². The molecule has 6 nitrogen and oxygen atoms in total. The molecule has 3 rings (SSSR count). The van der Waals surface area contributed by atoms with Gasteiger partial charge in [-0.25, -0.2) is 4.79 Å². The van der Waals surface area contributed by atoms with Crippen molar-refractivity contribution in [2.24, 2.45) is 0 Å². The molecule has 3 heterocycles. The van der Waals surface area contributed by atoms with Crippen LogP contribution >= 0.6 is 0 Å². The van der Waals surface area contributed by atoms with Gasteiger partial charge in [-0.3, -0.25) is 0 Å². The predicted molar refractivity (Wildman–Crippen MR) is 84.2 cm³/mol. The van der Waals surface area contributed by atoms with Gasteiger partial charge in [-0.05, 0) is 20.3 Å². The summed E-state index contributed by atoms with van der Waals surface area (Å²) in [5.41, 5.74) is 0.418. The first kappa shape index (κ1) is 17.6. The number of hydrogen-bond acceptors (Lipinski definition) is 5. The Hall–Kier alpha value is -0.733. The predicted octanol–water partition coefficient (Wildman–Crippen LogP) is 1.35. The Morgan fingerprint density at radius 3 is 2.59 bits per heavy atom. The topological polar surface area (TPSA) is 54.0 Å². The Morgan fingerprint density at radius 1 is 1.36 bits per heavy atom. The Balaban J connectivity index is 1.90. The fourth-order valence-electron chi connectivity index (χ4n) is 2.99. The van der Waals surface area contributed by atoms with E-state index in [1.165, 1.54) is 0 Å². The summed E-state index contributed by atoms with van der Waals surface area (Å²) in [5, 5.41) is 0. The number of carbonyl (C=O) groups is 1. The summed E-state index contributed by atoms with van der Waals surface area (Å²) >= 11 is 0. The lowest BCUT2D eigenvalue weighted by Crippen LogP contribution is -2.63. The molecule has 0 aliphatic carbocycles. The molecule has 3 saturated heterocycles. The number of carbonyl (C=O) groups excluding carboxylic acids is 1. The van der Waals surface area contributed by atoms with Crippen LogP contribution < -0.4 is 0 Å². The Labute approximate surface area is 133 Å². The number of quaternary nitrogens is 1. The molecule has 3 aliphatic rings. The third-order valence-electron chi connectivity index (χ3n) is 4.19.